The largest absolute Gasteiger partial charge is 0.493 e. The van der Waals surface area contributed by atoms with Gasteiger partial charge < -0.3 is 19.5 Å². The van der Waals surface area contributed by atoms with Crippen LogP contribution < -0.4 is 19.5 Å². The number of ether oxygens (including phenoxy) is 3. The van der Waals surface area contributed by atoms with Gasteiger partial charge in [0.2, 0.25) is 6.79 Å². The molecule has 0 saturated carbocycles. The molecule has 21 heavy (non-hydrogen) atoms. The molecule has 4 heteroatoms. The SMILES string of the molecule is CCCCC(CC)COc1cc2c(cc1CNC)OCO2. The minimum Gasteiger partial charge on any atom is -0.493 e. The summed E-state index contributed by atoms with van der Waals surface area (Å²) in [4.78, 5) is 0. The van der Waals surface area contributed by atoms with E-state index < -0.39 is 0 Å². The Labute approximate surface area is 127 Å². The lowest BCUT2D eigenvalue weighted by Crippen LogP contribution is -2.13. The second-order valence-corrected chi connectivity index (χ2v) is 5.57. The van der Waals surface area contributed by atoms with Crippen molar-refractivity contribution in [3.63, 3.8) is 0 Å². The highest BCUT2D eigenvalue weighted by molar-refractivity contribution is 5.51. The van der Waals surface area contributed by atoms with Gasteiger partial charge in [-0.05, 0) is 25.5 Å². The summed E-state index contributed by atoms with van der Waals surface area (Å²) in [5.41, 5.74) is 1.12. The molecule has 1 N–H and O–H groups in total. The summed E-state index contributed by atoms with van der Waals surface area (Å²) in [5, 5.41) is 3.18. The standard InChI is InChI=1S/C17H27NO3/c1-4-6-7-13(5-2)11-19-15-9-17-16(20-12-21-17)8-14(15)10-18-3/h8-9,13,18H,4-7,10-12H2,1-3H3. The molecule has 1 heterocycles. The maximum absolute atomic E-state index is 6.09. The molecule has 0 fully saturated rings. The van der Waals surface area contributed by atoms with Crippen molar-refractivity contribution in [2.45, 2.75) is 46.1 Å². The van der Waals surface area contributed by atoms with E-state index in [1.165, 1.54) is 19.3 Å². The predicted molar refractivity (Wildman–Crippen MR) is 84.1 cm³/mol. The smallest absolute Gasteiger partial charge is 0.231 e. The van der Waals surface area contributed by atoms with Crippen LogP contribution in [0.1, 0.15) is 45.1 Å². The number of rotatable bonds is 9. The Morgan fingerprint density at radius 2 is 2.00 bits per heavy atom. The quantitative estimate of drug-likeness (QED) is 0.753. The lowest BCUT2D eigenvalue weighted by molar-refractivity contribution is 0.173. The molecule has 1 aromatic rings. The molecular formula is C17H27NO3. The van der Waals surface area contributed by atoms with Crippen LogP contribution in [-0.4, -0.2) is 20.4 Å². The first-order valence-electron chi connectivity index (χ1n) is 7.98. The summed E-state index contributed by atoms with van der Waals surface area (Å²) in [6, 6.07) is 3.97. The molecule has 4 nitrogen and oxygen atoms in total. The second-order valence-electron chi connectivity index (χ2n) is 5.57. The first-order chi connectivity index (χ1) is 10.3. The number of unbranched alkanes of at least 4 members (excludes halogenated alkanes) is 1. The molecule has 1 aliphatic heterocycles. The topological polar surface area (TPSA) is 39.7 Å². The van der Waals surface area contributed by atoms with E-state index in [1.807, 2.05) is 19.2 Å². The van der Waals surface area contributed by atoms with E-state index in [2.05, 4.69) is 19.2 Å². The van der Waals surface area contributed by atoms with Crippen LogP contribution in [0.15, 0.2) is 12.1 Å². The zero-order chi connectivity index (χ0) is 15.1. The highest BCUT2D eigenvalue weighted by Crippen LogP contribution is 2.38. The van der Waals surface area contributed by atoms with Gasteiger partial charge >= 0.3 is 0 Å². The Balaban J connectivity index is 2.03. The summed E-state index contributed by atoms with van der Waals surface area (Å²) < 4.78 is 17.0. The molecule has 0 aliphatic carbocycles. The van der Waals surface area contributed by atoms with Crippen molar-refractivity contribution >= 4 is 0 Å². The van der Waals surface area contributed by atoms with Gasteiger partial charge in [-0.25, -0.2) is 0 Å². The highest BCUT2D eigenvalue weighted by Gasteiger charge is 2.18. The number of hydrogen-bond acceptors (Lipinski definition) is 4. The molecule has 0 amide bonds. The zero-order valence-electron chi connectivity index (χ0n) is 13.4. The zero-order valence-corrected chi connectivity index (χ0v) is 13.4. The molecule has 1 aliphatic rings. The molecule has 0 bridgehead atoms. The van der Waals surface area contributed by atoms with Gasteiger partial charge in [0, 0.05) is 18.2 Å². The van der Waals surface area contributed by atoms with E-state index in [-0.39, 0.29) is 0 Å². The van der Waals surface area contributed by atoms with Crippen LogP contribution in [0.2, 0.25) is 0 Å². The van der Waals surface area contributed by atoms with Crippen molar-refractivity contribution in [3.05, 3.63) is 17.7 Å². The maximum atomic E-state index is 6.09. The summed E-state index contributed by atoms with van der Waals surface area (Å²) >= 11 is 0. The molecule has 2 rings (SSSR count). The van der Waals surface area contributed by atoms with Gasteiger partial charge in [0.15, 0.2) is 11.5 Å². The van der Waals surface area contributed by atoms with E-state index >= 15 is 0 Å². The predicted octanol–water partition coefficient (Wildman–Crippen LogP) is 3.73. The highest BCUT2D eigenvalue weighted by atomic mass is 16.7. The van der Waals surface area contributed by atoms with Crippen molar-refractivity contribution in [3.8, 4) is 17.2 Å². The van der Waals surface area contributed by atoms with Crippen LogP contribution in [0.25, 0.3) is 0 Å². The van der Waals surface area contributed by atoms with Crippen molar-refractivity contribution < 1.29 is 14.2 Å². The number of nitrogens with one attached hydrogen (secondary N) is 1. The van der Waals surface area contributed by atoms with Crippen LogP contribution in [0.4, 0.5) is 0 Å². The van der Waals surface area contributed by atoms with Gasteiger partial charge in [-0.3, -0.25) is 0 Å². The Bertz CT molecular complexity index is 448. The average molecular weight is 293 g/mol. The third kappa shape index (κ3) is 4.27. The Morgan fingerprint density at radius 3 is 2.67 bits per heavy atom. The Hall–Kier alpha value is -1.42. The normalized spacial score (nSPS) is 14.2. The van der Waals surface area contributed by atoms with Crippen molar-refractivity contribution in [2.24, 2.45) is 5.92 Å². The number of hydrogen-bond donors (Lipinski definition) is 1. The lowest BCUT2D eigenvalue weighted by Gasteiger charge is -2.18. The molecule has 0 aromatic heterocycles. The fraction of sp³-hybridized carbons (Fsp3) is 0.647. The van der Waals surface area contributed by atoms with Crippen molar-refractivity contribution in [1.29, 1.82) is 0 Å². The number of fused-ring (bicyclic) bond motifs is 1. The van der Waals surface area contributed by atoms with Crippen LogP contribution in [0.3, 0.4) is 0 Å². The first kappa shape index (κ1) is 16.0. The Morgan fingerprint density at radius 1 is 1.24 bits per heavy atom. The summed E-state index contributed by atoms with van der Waals surface area (Å²) in [5.74, 6) is 3.12. The van der Waals surface area contributed by atoms with Gasteiger partial charge in [0.25, 0.3) is 0 Å². The summed E-state index contributed by atoms with van der Waals surface area (Å²) in [6.45, 7) is 6.30. The molecule has 0 saturated heterocycles. The van der Waals surface area contributed by atoms with E-state index in [1.54, 1.807) is 0 Å². The van der Waals surface area contributed by atoms with Gasteiger partial charge in [0.05, 0.1) is 6.61 Å². The minimum atomic E-state index is 0.297. The van der Waals surface area contributed by atoms with Gasteiger partial charge in [0.1, 0.15) is 5.75 Å². The van der Waals surface area contributed by atoms with Gasteiger partial charge in [-0.2, -0.15) is 0 Å². The van der Waals surface area contributed by atoms with E-state index in [0.717, 1.165) is 42.4 Å². The molecule has 118 valence electrons. The van der Waals surface area contributed by atoms with E-state index in [4.69, 9.17) is 14.2 Å². The van der Waals surface area contributed by atoms with E-state index in [0.29, 0.717) is 12.7 Å². The fourth-order valence-electron chi connectivity index (χ4n) is 2.53. The second kappa shape index (κ2) is 8.13. The third-order valence-corrected chi connectivity index (χ3v) is 3.94. The number of benzene rings is 1. The first-order valence-corrected chi connectivity index (χ1v) is 7.98. The lowest BCUT2D eigenvalue weighted by atomic mass is 10.0. The average Bonchev–Trinajstić information content (AvgIpc) is 2.95. The molecule has 1 unspecified atom stereocenters. The van der Waals surface area contributed by atoms with E-state index in [9.17, 15) is 0 Å². The molecular weight excluding hydrogens is 266 g/mol. The van der Waals surface area contributed by atoms with Crippen molar-refractivity contribution in [1.82, 2.24) is 5.32 Å². The third-order valence-electron chi connectivity index (χ3n) is 3.94. The Kier molecular flexibility index (Phi) is 6.18. The van der Waals surface area contributed by atoms with Gasteiger partial charge in [-0.15, -0.1) is 0 Å². The summed E-state index contributed by atoms with van der Waals surface area (Å²) in [6.07, 6.45) is 4.91. The molecule has 1 aromatic carbocycles. The van der Waals surface area contributed by atoms with Crippen LogP contribution in [0.5, 0.6) is 17.2 Å². The molecule has 1 atom stereocenters. The minimum absolute atomic E-state index is 0.297. The summed E-state index contributed by atoms with van der Waals surface area (Å²) in [7, 11) is 1.93. The molecule has 0 spiro atoms. The van der Waals surface area contributed by atoms with Gasteiger partial charge in [-0.1, -0.05) is 33.1 Å². The molecule has 0 radical (unpaired) electrons. The fourth-order valence-corrected chi connectivity index (χ4v) is 2.53. The van der Waals surface area contributed by atoms with Crippen LogP contribution >= 0.6 is 0 Å². The van der Waals surface area contributed by atoms with Crippen LogP contribution in [-0.2, 0) is 6.54 Å². The van der Waals surface area contributed by atoms with Crippen LogP contribution in [0, 0.1) is 5.92 Å². The monoisotopic (exact) mass is 293 g/mol. The van der Waals surface area contributed by atoms with Crippen molar-refractivity contribution in [2.75, 3.05) is 20.4 Å². The maximum Gasteiger partial charge on any atom is 0.231 e.